The van der Waals surface area contributed by atoms with Gasteiger partial charge < -0.3 is 14.4 Å². The van der Waals surface area contributed by atoms with E-state index in [1.54, 1.807) is 6.20 Å². The number of aromatic nitrogens is 3. The van der Waals surface area contributed by atoms with Crippen LogP contribution in [-0.4, -0.2) is 47.7 Å². The van der Waals surface area contributed by atoms with Crippen LogP contribution in [0.25, 0.3) is 11.3 Å². The molecular formula is C17H23FN4O2. The number of pyridine rings is 1. The SMILES string of the molecule is CCOC(OCC)c1cc(-c2ccc(N3CC[C@H](F)C3)nc2)[nH]n1. The molecule has 0 bridgehead atoms. The van der Waals surface area contributed by atoms with E-state index in [0.29, 0.717) is 38.4 Å². The van der Waals surface area contributed by atoms with Crippen LogP contribution in [0.4, 0.5) is 10.2 Å². The van der Waals surface area contributed by atoms with Crippen molar-refractivity contribution in [2.45, 2.75) is 32.7 Å². The number of rotatable bonds is 7. The molecule has 1 saturated heterocycles. The molecular weight excluding hydrogens is 311 g/mol. The van der Waals surface area contributed by atoms with Gasteiger partial charge >= 0.3 is 0 Å². The van der Waals surface area contributed by atoms with Crippen LogP contribution in [0.1, 0.15) is 32.3 Å². The van der Waals surface area contributed by atoms with Gasteiger partial charge in [0.15, 0.2) is 0 Å². The lowest BCUT2D eigenvalue weighted by molar-refractivity contribution is -0.142. The maximum absolute atomic E-state index is 13.3. The van der Waals surface area contributed by atoms with Gasteiger partial charge in [-0.25, -0.2) is 9.37 Å². The molecule has 7 heteroatoms. The van der Waals surface area contributed by atoms with Gasteiger partial charge in [-0.1, -0.05) is 0 Å². The number of H-pyrrole nitrogens is 1. The molecule has 0 unspecified atom stereocenters. The van der Waals surface area contributed by atoms with Crippen molar-refractivity contribution in [2.75, 3.05) is 31.2 Å². The summed E-state index contributed by atoms with van der Waals surface area (Å²) in [6.07, 6.45) is 1.12. The fourth-order valence-electron chi connectivity index (χ4n) is 2.79. The molecule has 3 rings (SSSR count). The van der Waals surface area contributed by atoms with Crippen LogP contribution < -0.4 is 4.90 Å². The molecule has 2 aromatic heterocycles. The van der Waals surface area contributed by atoms with Crippen LogP contribution in [0.2, 0.25) is 0 Å². The lowest BCUT2D eigenvalue weighted by Gasteiger charge is -2.16. The number of hydrogen-bond donors (Lipinski definition) is 1. The van der Waals surface area contributed by atoms with E-state index in [0.717, 1.165) is 17.1 Å². The molecule has 3 heterocycles. The first-order valence-corrected chi connectivity index (χ1v) is 8.35. The van der Waals surface area contributed by atoms with Gasteiger partial charge in [0.1, 0.15) is 17.7 Å². The van der Waals surface area contributed by atoms with Gasteiger partial charge in [-0.3, -0.25) is 5.10 Å². The molecule has 1 atom stereocenters. The first-order chi connectivity index (χ1) is 11.7. The monoisotopic (exact) mass is 334 g/mol. The van der Waals surface area contributed by atoms with Crippen molar-refractivity contribution >= 4 is 5.82 Å². The van der Waals surface area contributed by atoms with Crippen molar-refractivity contribution in [2.24, 2.45) is 0 Å². The van der Waals surface area contributed by atoms with E-state index in [1.807, 2.05) is 36.9 Å². The van der Waals surface area contributed by atoms with E-state index in [9.17, 15) is 4.39 Å². The molecule has 130 valence electrons. The highest BCUT2D eigenvalue weighted by molar-refractivity contribution is 5.60. The second-order valence-electron chi connectivity index (χ2n) is 5.69. The summed E-state index contributed by atoms with van der Waals surface area (Å²) >= 11 is 0. The average Bonchev–Trinajstić information content (AvgIpc) is 3.24. The minimum atomic E-state index is -0.754. The van der Waals surface area contributed by atoms with Gasteiger partial charge in [-0.15, -0.1) is 0 Å². The molecule has 0 saturated carbocycles. The van der Waals surface area contributed by atoms with E-state index in [2.05, 4.69) is 15.2 Å². The standard InChI is InChI=1S/C17H23FN4O2/c1-3-23-17(24-4-2)15-9-14(20-21-15)12-5-6-16(19-10-12)22-8-7-13(18)11-22/h5-6,9-10,13,17H,3-4,7-8,11H2,1-2H3,(H,20,21)/t13-/m0/s1. The maximum atomic E-state index is 13.3. The Morgan fingerprint density at radius 2 is 2.12 bits per heavy atom. The summed E-state index contributed by atoms with van der Waals surface area (Å²) in [4.78, 5) is 6.41. The fraction of sp³-hybridized carbons (Fsp3) is 0.529. The van der Waals surface area contributed by atoms with E-state index in [-0.39, 0.29) is 0 Å². The number of aromatic amines is 1. The normalized spacial score (nSPS) is 17.8. The Kier molecular flexibility index (Phi) is 5.42. The largest absolute Gasteiger partial charge is 0.354 e. The summed E-state index contributed by atoms with van der Waals surface area (Å²) in [6, 6.07) is 5.78. The van der Waals surface area contributed by atoms with Crippen molar-refractivity contribution in [1.29, 1.82) is 0 Å². The van der Waals surface area contributed by atoms with Crippen molar-refractivity contribution in [1.82, 2.24) is 15.2 Å². The first kappa shape index (κ1) is 16.9. The summed E-state index contributed by atoms with van der Waals surface area (Å²) < 4.78 is 24.4. The van der Waals surface area contributed by atoms with E-state index in [4.69, 9.17) is 9.47 Å². The smallest absolute Gasteiger partial charge is 0.202 e. The zero-order chi connectivity index (χ0) is 16.9. The Bertz CT molecular complexity index is 640. The molecule has 0 aliphatic carbocycles. The number of alkyl halides is 1. The molecule has 0 amide bonds. The van der Waals surface area contributed by atoms with Gasteiger partial charge in [0.05, 0.1) is 12.2 Å². The molecule has 0 radical (unpaired) electrons. The Balaban J connectivity index is 1.72. The number of anilines is 1. The van der Waals surface area contributed by atoms with Gasteiger partial charge in [0.2, 0.25) is 6.29 Å². The highest BCUT2D eigenvalue weighted by atomic mass is 19.1. The molecule has 1 fully saturated rings. The van der Waals surface area contributed by atoms with Crippen molar-refractivity contribution in [3.63, 3.8) is 0 Å². The van der Waals surface area contributed by atoms with Gasteiger partial charge in [-0.05, 0) is 38.5 Å². The predicted molar refractivity (Wildman–Crippen MR) is 89.5 cm³/mol. The molecule has 1 aliphatic rings. The van der Waals surface area contributed by atoms with Crippen molar-refractivity contribution in [3.05, 3.63) is 30.1 Å². The molecule has 0 spiro atoms. The second kappa shape index (κ2) is 7.72. The van der Waals surface area contributed by atoms with E-state index >= 15 is 0 Å². The number of hydrogen-bond acceptors (Lipinski definition) is 5. The lowest BCUT2D eigenvalue weighted by atomic mass is 10.2. The van der Waals surface area contributed by atoms with Crippen LogP contribution in [0.15, 0.2) is 24.4 Å². The molecule has 6 nitrogen and oxygen atoms in total. The molecule has 1 N–H and O–H groups in total. The third-order valence-corrected chi connectivity index (χ3v) is 3.99. The zero-order valence-corrected chi connectivity index (χ0v) is 14.0. The highest BCUT2D eigenvalue weighted by Gasteiger charge is 2.22. The Hall–Kier alpha value is -1.99. The second-order valence-corrected chi connectivity index (χ2v) is 5.69. The molecule has 0 aromatic carbocycles. The van der Waals surface area contributed by atoms with Crippen LogP contribution >= 0.6 is 0 Å². The predicted octanol–water partition coefficient (Wildman–Crippen LogP) is 3.09. The van der Waals surface area contributed by atoms with E-state index < -0.39 is 12.5 Å². The summed E-state index contributed by atoms with van der Waals surface area (Å²) in [5.41, 5.74) is 2.47. The molecule has 1 aliphatic heterocycles. The minimum absolute atomic E-state index is 0.422. The maximum Gasteiger partial charge on any atom is 0.202 e. The van der Waals surface area contributed by atoms with Crippen LogP contribution in [0, 0.1) is 0 Å². The van der Waals surface area contributed by atoms with Crippen LogP contribution in [0.5, 0.6) is 0 Å². The zero-order valence-electron chi connectivity index (χ0n) is 14.0. The quantitative estimate of drug-likeness (QED) is 0.788. The molecule has 24 heavy (non-hydrogen) atoms. The Morgan fingerprint density at radius 1 is 1.33 bits per heavy atom. The van der Waals surface area contributed by atoms with Crippen molar-refractivity contribution in [3.8, 4) is 11.3 Å². The Labute approximate surface area is 141 Å². The van der Waals surface area contributed by atoms with Gasteiger partial charge in [0.25, 0.3) is 0 Å². The van der Waals surface area contributed by atoms with E-state index in [1.165, 1.54) is 0 Å². The Morgan fingerprint density at radius 3 is 2.71 bits per heavy atom. The minimum Gasteiger partial charge on any atom is -0.354 e. The number of nitrogens with zero attached hydrogens (tertiary/aromatic N) is 3. The van der Waals surface area contributed by atoms with Crippen LogP contribution in [0.3, 0.4) is 0 Å². The fourth-order valence-corrected chi connectivity index (χ4v) is 2.79. The summed E-state index contributed by atoms with van der Waals surface area (Å²) in [5.74, 6) is 0.806. The average molecular weight is 334 g/mol. The third kappa shape index (κ3) is 3.73. The summed E-state index contributed by atoms with van der Waals surface area (Å²) in [7, 11) is 0. The van der Waals surface area contributed by atoms with Crippen molar-refractivity contribution < 1.29 is 13.9 Å². The third-order valence-electron chi connectivity index (χ3n) is 3.99. The van der Waals surface area contributed by atoms with Crippen LogP contribution in [-0.2, 0) is 9.47 Å². The number of halogens is 1. The summed E-state index contributed by atoms with van der Waals surface area (Å²) in [6.45, 7) is 6.07. The number of nitrogens with one attached hydrogen (secondary N) is 1. The summed E-state index contributed by atoms with van der Waals surface area (Å²) in [5, 5.41) is 7.27. The van der Waals surface area contributed by atoms with Gasteiger partial charge in [-0.2, -0.15) is 5.10 Å². The lowest BCUT2D eigenvalue weighted by Crippen LogP contribution is -2.20. The first-order valence-electron chi connectivity index (χ1n) is 8.35. The highest BCUT2D eigenvalue weighted by Crippen LogP contribution is 2.25. The van der Waals surface area contributed by atoms with Gasteiger partial charge in [0, 0.05) is 31.5 Å². The topological polar surface area (TPSA) is 63.3 Å². The number of ether oxygens (including phenoxy) is 2. The molecule has 2 aromatic rings.